The zero-order valence-corrected chi connectivity index (χ0v) is 6.61. The van der Waals surface area contributed by atoms with Crippen LogP contribution in [0, 0.1) is 5.92 Å². The van der Waals surface area contributed by atoms with Gasteiger partial charge in [-0.2, -0.15) is 0 Å². The number of nitrogens with one attached hydrogen (secondary N) is 1. The molecule has 2 heteroatoms. The van der Waals surface area contributed by atoms with E-state index < -0.39 is 0 Å². The van der Waals surface area contributed by atoms with Crippen LogP contribution in [0.3, 0.4) is 0 Å². The third-order valence-corrected chi connectivity index (χ3v) is 0.871. The number of hydroxylamine groups is 1. The Kier molecular flexibility index (Phi) is 5.99. The lowest BCUT2D eigenvalue weighted by molar-refractivity contribution is 0.0241. The predicted octanol–water partition coefficient (Wildman–Crippen LogP) is 1.57. The maximum absolute atomic E-state index is 5.09. The number of rotatable bonds is 5. The SMILES string of the molecule is CCCNOCC(C)C. The van der Waals surface area contributed by atoms with E-state index in [4.69, 9.17) is 4.84 Å². The molecule has 0 spiro atoms. The summed E-state index contributed by atoms with van der Waals surface area (Å²) in [5.41, 5.74) is 2.87. The van der Waals surface area contributed by atoms with Crippen molar-refractivity contribution in [1.82, 2.24) is 5.48 Å². The molecule has 0 saturated heterocycles. The molecule has 56 valence electrons. The van der Waals surface area contributed by atoms with Gasteiger partial charge in [0.25, 0.3) is 0 Å². The maximum Gasteiger partial charge on any atom is 0.0705 e. The minimum atomic E-state index is 0.620. The van der Waals surface area contributed by atoms with Crippen LogP contribution in [-0.4, -0.2) is 13.2 Å². The van der Waals surface area contributed by atoms with Crippen molar-refractivity contribution < 1.29 is 4.84 Å². The molecule has 0 aliphatic heterocycles. The Morgan fingerprint density at radius 2 is 2.11 bits per heavy atom. The van der Waals surface area contributed by atoms with Crippen LogP contribution in [0.4, 0.5) is 0 Å². The summed E-state index contributed by atoms with van der Waals surface area (Å²) in [5, 5.41) is 0. The predicted molar refractivity (Wildman–Crippen MR) is 39.1 cm³/mol. The van der Waals surface area contributed by atoms with Crippen LogP contribution in [0.1, 0.15) is 27.2 Å². The highest BCUT2D eigenvalue weighted by Gasteiger charge is 1.90. The average Bonchev–Trinajstić information content (AvgIpc) is 1.80. The van der Waals surface area contributed by atoms with Gasteiger partial charge in [0.05, 0.1) is 6.61 Å². The molecule has 0 unspecified atom stereocenters. The van der Waals surface area contributed by atoms with Crippen molar-refractivity contribution in [3.63, 3.8) is 0 Å². The molecule has 1 N–H and O–H groups in total. The molecule has 0 aromatic carbocycles. The quantitative estimate of drug-likeness (QED) is 0.451. The molecule has 0 aliphatic rings. The Hall–Kier alpha value is -0.0800. The third kappa shape index (κ3) is 7.92. The average molecular weight is 131 g/mol. The lowest BCUT2D eigenvalue weighted by atomic mass is 10.2. The molecule has 0 bridgehead atoms. The van der Waals surface area contributed by atoms with E-state index in [1.807, 2.05) is 0 Å². The Morgan fingerprint density at radius 3 is 2.56 bits per heavy atom. The van der Waals surface area contributed by atoms with Gasteiger partial charge in [-0.25, -0.2) is 5.48 Å². The van der Waals surface area contributed by atoms with Crippen LogP contribution in [0.5, 0.6) is 0 Å². The van der Waals surface area contributed by atoms with Crippen LogP contribution in [0.25, 0.3) is 0 Å². The van der Waals surface area contributed by atoms with E-state index in [0.717, 1.165) is 19.6 Å². The Bertz CT molecular complexity index is 54.9. The molecule has 9 heavy (non-hydrogen) atoms. The van der Waals surface area contributed by atoms with Gasteiger partial charge in [0, 0.05) is 6.54 Å². The minimum Gasteiger partial charge on any atom is -0.302 e. The Labute approximate surface area is 57.5 Å². The summed E-state index contributed by atoms with van der Waals surface area (Å²) < 4.78 is 0. The summed E-state index contributed by atoms with van der Waals surface area (Å²) >= 11 is 0. The zero-order chi connectivity index (χ0) is 7.11. The summed E-state index contributed by atoms with van der Waals surface area (Å²) in [6, 6.07) is 0. The second-order valence-electron chi connectivity index (χ2n) is 2.60. The second-order valence-corrected chi connectivity index (χ2v) is 2.60. The smallest absolute Gasteiger partial charge is 0.0705 e. The van der Waals surface area contributed by atoms with Crippen molar-refractivity contribution in [1.29, 1.82) is 0 Å². The van der Waals surface area contributed by atoms with Crippen molar-refractivity contribution in [2.45, 2.75) is 27.2 Å². The molecular weight excluding hydrogens is 114 g/mol. The van der Waals surface area contributed by atoms with Crippen LogP contribution in [0.15, 0.2) is 0 Å². The molecule has 0 rings (SSSR count). The maximum atomic E-state index is 5.09. The molecule has 0 aliphatic carbocycles. The largest absolute Gasteiger partial charge is 0.302 e. The highest BCUT2D eigenvalue weighted by atomic mass is 16.6. The first-order chi connectivity index (χ1) is 4.27. The molecule has 0 aromatic rings. The van der Waals surface area contributed by atoms with Gasteiger partial charge in [0.15, 0.2) is 0 Å². The van der Waals surface area contributed by atoms with Gasteiger partial charge in [-0.05, 0) is 12.3 Å². The van der Waals surface area contributed by atoms with E-state index in [9.17, 15) is 0 Å². The Morgan fingerprint density at radius 1 is 1.44 bits per heavy atom. The standard InChI is InChI=1S/C7H17NO/c1-4-5-8-9-6-7(2)3/h7-8H,4-6H2,1-3H3. The molecule has 0 amide bonds. The zero-order valence-electron chi connectivity index (χ0n) is 6.61. The fourth-order valence-corrected chi connectivity index (χ4v) is 0.400. The van der Waals surface area contributed by atoms with Gasteiger partial charge in [0.1, 0.15) is 0 Å². The first kappa shape index (κ1) is 8.92. The highest BCUT2D eigenvalue weighted by Crippen LogP contribution is 1.89. The van der Waals surface area contributed by atoms with Gasteiger partial charge in [-0.15, -0.1) is 0 Å². The number of hydrogen-bond acceptors (Lipinski definition) is 2. The summed E-state index contributed by atoms with van der Waals surface area (Å²) in [6.45, 7) is 8.14. The van der Waals surface area contributed by atoms with E-state index in [0.29, 0.717) is 5.92 Å². The Balaban J connectivity index is 2.75. The minimum absolute atomic E-state index is 0.620. The molecule has 2 nitrogen and oxygen atoms in total. The van der Waals surface area contributed by atoms with Crippen molar-refractivity contribution in [3.8, 4) is 0 Å². The highest BCUT2D eigenvalue weighted by molar-refractivity contribution is 4.37. The summed E-state index contributed by atoms with van der Waals surface area (Å²) in [5.74, 6) is 0.620. The van der Waals surface area contributed by atoms with Gasteiger partial charge >= 0.3 is 0 Å². The van der Waals surface area contributed by atoms with E-state index >= 15 is 0 Å². The van der Waals surface area contributed by atoms with Crippen LogP contribution < -0.4 is 5.48 Å². The van der Waals surface area contributed by atoms with Gasteiger partial charge in [-0.3, -0.25) is 0 Å². The summed E-state index contributed by atoms with van der Waals surface area (Å²) in [7, 11) is 0. The first-order valence-corrected chi connectivity index (χ1v) is 3.62. The van der Waals surface area contributed by atoms with Crippen LogP contribution in [-0.2, 0) is 4.84 Å². The van der Waals surface area contributed by atoms with Crippen molar-refractivity contribution in [2.75, 3.05) is 13.2 Å². The topological polar surface area (TPSA) is 21.3 Å². The monoisotopic (exact) mass is 131 g/mol. The van der Waals surface area contributed by atoms with E-state index in [1.54, 1.807) is 0 Å². The lowest BCUT2D eigenvalue weighted by Crippen LogP contribution is -2.18. The van der Waals surface area contributed by atoms with Crippen LogP contribution in [0.2, 0.25) is 0 Å². The first-order valence-electron chi connectivity index (χ1n) is 3.62. The summed E-state index contributed by atoms with van der Waals surface area (Å²) in [4.78, 5) is 5.09. The van der Waals surface area contributed by atoms with E-state index in [-0.39, 0.29) is 0 Å². The molecule has 0 saturated carbocycles. The van der Waals surface area contributed by atoms with E-state index in [2.05, 4.69) is 26.3 Å². The van der Waals surface area contributed by atoms with Gasteiger partial charge in [0.2, 0.25) is 0 Å². The number of hydrogen-bond donors (Lipinski definition) is 1. The molecule has 0 aromatic heterocycles. The lowest BCUT2D eigenvalue weighted by Gasteiger charge is -2.05. The summed E-state index contributed by atoms with van der Waals surface area (Å²) in [6.07, 6.45) is 1.12. The molecular formula is C7H17NO. The van der Waals surface area contributed by atoms with Crippen molar-refractivity contribution >= 4 is 0 Å². The second kappa shape index (κ2) is 6.05. The third-order valence-electron chi connectivity index (χ3n) is 0.871. The van der Waals surface area contributed by atoms with Gasteiger partial charge < -0.3 is 4.84 Å². The molecule has 0 radical (unpaired) electrons. The molecule has 0 heterocycles. The normalized spacial score (nSPS) is 10.7. The van der Waals surface area contributed by atoms with Crippen molar-refractivity contribution in [3.05, 3.63) is 0 Å². The van der Waals surface area contributed by atoms with Crippen molar-refractivity contribution in [2.24, 2.45) is 5.92 Å². The van der Waals surface area contributed by atoms with Crippen LogP contribution >= 0.6 is 0 Å². The fourth-order valence-electron chi connectivity index (χ4n) is 0.400. The molecule has 0 atom stereocenters. The fraction of sp³-hybridized carbons (Fsp3) is 1.00. The van der Waals surface area contributed by atoms with Gasteiger partial charge in [-0.1, -0.05) is 20.8 Å². The molecule has 0 fully saturated rings. The van der Waals surface area contributed by atoms with E-state index in [1.165, 1.54) is 0 Å².